The highest BCUT2D eigenvalue weighted by Crippen LogP contribution is 2.37. The standard InChI is InChI=1S/C11H16F3N3O/c1-10(2,18-3)9(17-15)7-6-16-5-4-8(7)11(12,13)14/h4-6,9,17H,15H2,1-3H3. The van der Waals surface area contributed by atoms with Crippen molar-refractivity contribution in [1.29, 1.82) is 0 Å². The summed E-state index contributed by atoms with van der Waals surface area (Å²) in [6.45, 7) is 3.29. The van der Waals surface area contributed by atoms with E-state index in [-0.39, 0.29) is 5.56 Å². The third-order valence-corrected chi connectivity index (χ3v) is 2.86. The van der Waals surface area contributed by atoms with Crippen molar-refractivity contribution in [2.24, 2.45) is 5.84 Å². The van der Waals surface area contributed by atoms with Crippen molar-refractivity contribution in [2.45, 2.75) is 31.7 Å². The van der Waals surface area contributed by atoms with E-state index >= 15 is 0 Å². The van der Waals surface area contributed by atoms with Crippen LogP contribution in [0.15, 0.2) is 18.5 Å². The lowest BCUT2D eigenvalue weighted by Gasteiger charge is -2.33. The molecular formula is C11H16F3N3O. The van der Waals surface area contributed by atoms with Gasteiger partial charge in [0, 0.05) is 25.1 Å². The van der Waals surface area contributed by atoms with Crippen LogP contribution >= 0.6 is 0 Å². The van der Waals surface area contributed by atoms with Crippen LogP contribution in [0.5, 0.6) is 0 Å². The second-order valence-corrected chi connectivity index (χ2v) is 4.37. The maximum atomic E-state index is 12.9. The number of nitrogens with two attached hydrogens (primary N) is 1. The Morgan fingerprint density at radius 1 is 1.39 bits per heavy atom. The predicted octanol–water partition coefficient (Wildman–Crippen LogP) is 2.03. The molecule has 1 aromatic heterocycles. The minimum atomic E-state index is -4.46. The molecule has 0 bridgehead atoms. The van der Waals surface area contributed by atoms with Gasteiger partial charge in [0.1, 0.15) is 0 Å². The van der Waals surface area contributed by atoms with Crippen LogP contribution in [0.2, 0.25) is 0 Å². The molecule has 0 aliphatic heterocycles. The van der Waals surface area contributed by atoms with Crippen LogP contribution < -0.4 is 11.3 Å². The Labute approximate surface area is 103 Å². The summed E-state index contributed by atoms with van der Waals surface area (Å²) >= 11 is 0. The monoisotopic (exact) mass is 263 g/mol. The Balaban J connectivity index is 3.31. The number of nitrogens with one attached hydrogen (secondary N) is 1. The number of nitrogens with zero attached hydrogens (tertiary/aromatic N) is 1. The van der Waals surface area contributed by atoms with E-state index in [0.29, 0.717) is 0 Å². The second-order valence-electron chi connectivity index (χ2n) is 4.37. The minimum Gasteiger partial charge on any atom is -0.377 e. The normalized spacial score (nSPS) is 14.6. The summed E-state index contributed by atoms with van der Waals surface area (Å²) in [5.74, 6) is 5.35. The number of hydrazine groups is 1. The maximum absolute atomic E-state index is 12.9. The smallest absolute Gasteiger partial charge is 0.377 e. The number of halogens is 3. The van der Waals surface area contributed by atoms with Gasteiger partial charge in [-0.15, -0.1) is 0 Å². The minimum absolute atomic E-state index is 0.0423. The fourth-order valence-electron chi connectivity index (χ4n) is 1.68. The van der Waals surface area contributed by atoms with Gasteiger partial charge in [0.15, 0.2) is 0 Å². The topological polar surface area (TPSA) is 60.2 Å². The number of rotatable bonds is 4. The molecular weight excluding hydrogens is 247 g/mol. The molecule has 1 unspecified atom stereocenters. The van der Waals surface area contributed by atoms with Crippen molar-refractivity contribution in [3.63, 3.8) is 0 Å². The Morgan fingerprint density at radius 3 is 2.44 bits per heavy atom. The molecule has 0 aliphatic rings. The third-order valence-electron chi connectivity index (χ3n) is 2.86. The largest absolute Gasteiger partial charge is 0.416 e. The molecule has 3 N–H and O–H groups in total. The number of hydrogen-bond acceptors (Lipinski definition) is 4. The van der Waals surface area contributed by atoms with Crippen molar-refractivity contribution in [3.8, 4) is 0 Å². The van der Waals surface area contributed by atoms with E-state index in [4.69, 9.17) is 10.6 Å². The molecule has 0 radical (unpaired) electrons. The van der Waals surface area contributed by atoms with E-state index < -0.39 is 23.4 Å². The Kier molecular flexibility index (Phi) is 4.31. The van der Waals surface area contributed by atoms with Gasteiger partial charge in [0.25, 0.3) is 0 Å². The highest BCUT2D eigenvalue weighted by molar-refractivity contribution is 5.31. The molecule has 0 aromatic carbocycles. The van der Waals surface area contributed by atoms with Crippen LogP contribution in [0.1, 0.15) is 31.0 Å². The van der Waals surface area contributed by atoms with E-state index in [9.17, 15) is 13.2 Å². The van der Waals surface area contributed by atoms with Crippen LogP contribution in [-0.4, -0.2) is 17.7 Å². The molecule has 1 heterocycles. The first-order valence-corrected chi connectivity index (χ1v) is 5.26. The number of alkyl halides is 3. The Morgan fingerprint density at radius 2 is 2.00 bits per heavy atom. The maximum Gasteiger partial charge on any atom is 0.416 e. The molecule has 4 nitrogen and oxygen atoms in total. The van der Waals surface area contributed by atoms with Crippen LogP contribution in [0.25, 0.3) is 0 Å². The lowest BCUT2D eigenvalue weighted by molar-refractivity contribution is -0.139. The second kappa shape index (κ2) is 5.21. The zero-order valence-corrected chi connectivity index (χ0v) is 10.4. The summed E-state index contributed by atoms with van der Waals surface area (Å²) in [5, 5.41) is 0. The summed E-state index contributed by atoms with van der Waals surface area (Å²) < 4.78 is 43.9. The highest BCUT2D eigenvalue weighted by Gasteiger charge is 2.39. The van der Waals surface area contributed by atoms with Gasteiger partial charge in [0.2, 0.25) is 0 Å². The van der Waals surface area contributed by atoms with Crippen molar-refractivity contribution in [3.05, 3.63) is 29.6 Å². The highest BCUT2D eigenvalue weighted by atomic mass is 19.4. The Hall–Kier alpha value is -1.18. The van der Waals surface area contributed by atoms with E-state index in [1.165, 1.54) is 7.11 Å². The zero-order chi connectivity index (χ0) is 14.0. The number of hydrogen-bond donors (Lipinski definition) is 2. The van der Waals surface area contributed by atoms with Crippen molar-refractivity contribution >= 4 is 0 Å². The fourth-order valence-corrected chi connectivity index (χ4v) is 1.68. The summed E-state index contributed by atoms with van der Waals surface area (Å²) in [4.78, 5) is 3.72. The molecule has 102 valence electrons. The van der Waals surface area contributed by atoms with E-state index in [0.717, 1.165) is 18.5 Å². The zero-order valence-electron chi connectivity index (χ0n) is 10.4. The molecule has 0 amide bonds. The average Bonchev–Trinajstić information content (AvgIpc) is 2.29. The van der Waals surface area contributed by atoms with Gasteiger partial charge in [-0.25, -0.2) is 0 Å². The fraction of sp³-hybridized carbons (Fsp3) is 0.545. The first-order chi connectivity index (χ1) is 8.24. The molecule has 0 spiro atoms. The lowest BCUT2D eigenvalue weighted by atomic mass is 9.90. The number of methoxy groups -OCH3 is 1. The number of ether oxygens (including phenoxy) is 1. The summed E-state index contributed by atoms with van der Waals surface area (Å²) in [5.41, 5.74) is 0.637. The van der Waals surface area contributed by atoms with Crippen molar-refractivity contribution < 1.29 is 17.9 Å². The van der Waals surface area contributed by atoms with Gasteiger partial charge in [-0.1, -0.05) is 0 Å². The molecule has 0 aliphatic carbocycles. The molecule has 18 heavy (non-hydrogen) atoms. The molecule has 0 fully saturated rings. The molecule has 0 saturated carbocycles. The molecule has 1 aromatic rings. The van der Waals surface area contributed by atoms with Gasteiger partial charge < -0.3 is 4.74 Å². The molecule has 1 atom stereocenters. The first-order valence-electron chi connectivity index (χ1n) is 5.26. The van der Waals surface area contributed by atoms with Crippen molar-refractivity contribution in [1.82, 2.24) is 10.4 Å². The lowest BCUT2D eigenvalue weighted by Crippen LogP contribution is -2.44. The van der Waals surface area contributed by atoms with E-state index in [1.807, 2.05) is 0 Å². The van der Waals surface area contributed by atoms with Crippen LogP contribution in [-0.2, 0) is 10.9 Å². The molecule has 0 saturated heterocycles. The summed E-state index contributed by atoms with van der Waals surface area (Å²) in [7, 11) is 1.41. The Bertz CT molecular complexity index is 407. The molecule has 1 rings (SSSR count). The predicted molar refractivity (Wildman–Crippen MR) is 60.4 cm³/mol. The van der Waals surface area contributed by atoms with Crippen LogP contribution in [0.3, 0.4) is 0 Å². The quantitative estimate of drug-likeness (QED) is 0.644. The molecule has 7 heteroatoms. The first kappa shape index (κ1) is 14.9. The van der Waals surface area contributed by atoms with Gasteiger partial charge in [-0.2, -0.15) is 13.2 Å². The average molecular weight is 263 g/mol. The third kappa shape index (κ3) is 2.98. The van der Waals surface area contributed by atoms with Crippen molar-refractivity contribution in [2.75, 3.05) is 7.11 Å². The van der Waals surface area contributed by atoms with E-state index in [2.05, 4.69) is 10.4 Å². The van der Waals surface area contributed by atoms with Crippen LogP contribution in [0, 0.1) is 0 Å². The van der Waals surface area contributed by atoms with E-state index in [1.54, 1.807) is 13.8 Å². The number of pyridine rings is 1. The van der Waals surface area contributed by atoms with Gasteiger partial charge >= 0.3 is 6.18 Å². The number of aromatic nitrogens is 1. The van der Waals surface area contributed by atoms with Gasteiger partial charge in [0.05, 0.1) is 17.2 Å². The summed E-state index contributed by atoms with van der Waals surface area (Å²) in [6, 6.07) is 0.0959. The van der Waals surface area contributed by atoms with Gasteiger partial charge in [-0.05, 0) is 19.9 Å². The van der Waals surface area contributed by atoms with Crippen LogP contribution in [0.4, 0.5) is 13.2 Å². The summed E-state index contributed by atoms with van der Waals surface area (Å²) in [6.07, 6.45) is -2.22. The SMILES string of the molecule is COC(C)(C)C(NN)c1cnccc1C(F)(F)F. The van der Waals surface area contributed by atoms with Gasteiger partial charge in [-0.3, -0.25) is 16.3 Å².